The lowest BCUT2D eigenvalue weighted by Crippen LogP contribution is -2.62. The number of aliphatic carboxylic acids is 3. The number of nitrogens with one attached hydrogen (secondary N) is 9. The summed E-state index contributed by atoms with van der Waals surface area (Å²) < 4.78 is 0. The zero-order valence-corrected chi connectivity index (χ0v) is 41.1. The van der Waals surface area contributed by atoms with E-state index in [-0.39, 0.29) is 13.0 Å². The zero-order chi connectivity index (χ0) is 55.7. The van der Waals surface area contributed by atoms with Crippen molar-refractivity contribution in [2.24, 2.45) is 29.0 Å². The van der Waals surface area contributed by atoms with E-state index >= 15 is 0 Å². The van der Waals surface area contributed by atoms with E-state index in [9.17, 15) is 82.8 Å². The molecule has 0 fully saturated rings. The van der Waals surface area contributed by atoms with Gasteiger partial charge < -0.3 is 90.6 Å². The number of aliphatic hydroxyl groups is 2. The Labute approximate surface area is 414 Å². The summed E-state index contributed by atoms with van der Waals surface area (Å²) >= 11 is 0. The molecule has 0 aromatic rings. The van der Waals surface area contributed by atoms with E-state index in [1.807, 2.05) is 0 Å². The van der Waals surface area contributed by atoms with Crippen molar-refractivity contribution < 1.29 is 87.9 Å². The van der Waals surface area contributed by atoms with E-state index in [0.29, 0.717) is 12.8 Å². The number of unbranched alkanes of at least 4 members (excludes halogenated alkanes) is 1. The fourth-order valence-electron chi connectivity index (χ4n) is 6.27. The van der Waals surface area contributed by atoms with Crippen LogP contribution in [0.15, 0.2) is 0 Å². The van der Waals surface area contributed by atoms with Crippen LogP contribution < -0.4 is 65.1 Å². The number of amides is 10. The first-order valence-corrected chi connectivity index (χ1v) is 22.8. The molecule has 0 aliphatic heterocycles. The van der Waals surface area contributed by atoms with Crippen LogP contribution in [0.25, 0.3) is 0 Å². The first kappa shape index (κ1) is 65.0. The molecule has 72 heavy (non-hydrogen) atoms. The number of carboxylic acids is 3. The average molecular weight is 1030 g/mol. The number of nitrogens with two attached hydrogens (primary N) is 3. The van der Waals surface area contributed by atoms with Gasteiger partial charge in [-0.05, 0) is 64.8 Å². The van der Waals surface area contributed by atoms with Gasteiger partial charge in [-0.15, -0.1) is 0 Å². The van der Waals surface area contributed by atoms with Gasteiger partial charge in [-0.2, -0.15) is 0 Å². The van der Waals surface area contributed by atoms with Crippen molar-refractivity contribution in [3.8, 4) is 0 Å². The third-order valence-electron chi connectivity index (χ3n) is 10.5. The topological polar surface area (TPSA) is 509 Å². The molecule has 30 heteroatoms. The summed E-state index contributed by atoms with van der Waals surface area (Å²) in [6.07, 6.45) is -4.24. The Morgan fingerprint density at radius 3 is 1.32 bits per heavy atom. The molecular formula is C42H72N12O18. The normalized spacial score (nSPS) is 15.7. The summed E-state index contributed by atoms with van der Waals surface area (Å²) in [5.41, 5.74) is 16.3. The molecule has 0 rings (SSSR count). The largest absolute Gasteiger partial charge is 0.481 e. The minimum atomic E-state index is -1.97. The number of rotatable bonds is 34. The number of carbonyl (C=O) groups is 13. The molecule has 10 amide bonds. The molecule has 0 bridgehead atoms. The number of primary amides is 1. The number of hydrogen-bond donors (Lipinski definition) is 17. The molecule has 30 nitrogen and oxygen atoms in total. The molecule has 0 radical (unpaired) electrons. The molecule has 0 spiro atoms. The fourth-order valence-corrected chi connectivity index (χ4v) is 6.27. The Morgan fingerprint density at radius 2 is 0.861 bits per heavy atom. The van der Waals surface area contributed by atoms with Crippen molar-refractivity contribution >= 4 is 77.0 Å². The second-order valence-electron chi connectivity index (χ2n) is 17.5. The lowest BCUT2D eigenvalue weighted by atomic mass is 10.0. The third kappa shape index (κ3) is 23.7. The van der Waals surface area contributed by atoms with E-state index in [1.165, 1.54) is 41.5 Å². The van der Waals surface area contributed by atoms with Gasteiger partial charge >= 0.3 is 17.9 Å². The van der Waals surface area contributed by atoms with Crippen LogP contribution in [0.3, 0.4) is 0 Å². The second kappa shape index (κ2) is 32.0. The van der Waals surface area contributed by atoms with Gasteiger partial charge in [0.2, 0.25) is 59.1 Å². The van der Waals surface area contributed by atoms with Gasteiger partial charge in [-0.1, -0.05) is 27.7 Å². The second-order valence-corrected chi connectivity index (χ2v) is 17.5. The third-order valence-corrected chi connectivity index (χ3v) is 10.5. The Kier molecular flexibility index (Phi) is 28.9. The lowest BCUT2D eigenvalue weighted by molar-refractivity contribution is -0.145. The Balaban J connectivity index is 6.27. The van der Waals surface area contributed by atoms with Crippen LogP contribution in [-0.4, -0.2) is 182 Å². The van der Waals surface area contributed by atoms with Gasteiger partial charge in [0.15, 0.2) is 0 Å². The van der Waals surface area contributed by atoms with E-state index < -0.39 is 188 Å². The first-order chi connectivity index (χ1) is 33.4. The van der Waals surface area contributed by atoms with Crippen LogP contribution in [0, 0.1) is 11.8 Å². The number of aliphatic hydroxyl groups excluding tert-OH is 2. The molecule has 0 aromatic heterocycles. The molecule has 0 heterocycles. The highest BCUT2D eigenvalue weighted by molar-refractivity contribution is 5.99. The molecule has 0 saturated carbocycles. The van der Waals surface area contributed by atoms with Crippen LogP contribution in [0.2, 0.25) is 0 Å². The monoisotopic (exact) mass is 1030 g/mol. The maximum Gasteiger partial charge on any atom is 0.326 e. The van der Waals surface area contributed by atoms with Gasteiger partial charge in [-0.25, -0.2) is 4.79 Å². The highest BCUT2D eigenvalue weighted by atomic mass is 16.4. The van der Waals surface area contributed by atoms with Crippen LogP contribution >= 0.6 is 0 Å². The van der Waals surface area contributed by atoms with Crippen molar-refractivity contribution in [2.45, 2.75) is 160 Å². The molecule has 20 N–H and O–H groups in total. The maximum absolute atomic E-state index is 13.7. The maximum atomic E-state index is 13.7. The van der Waals surface area contributed by atoms with E-state index in [0.717, 1.165) is 6.92 Å². The van der Waals surface area contributed by atoms with Gasteiger partial charge in [0.05, 0.1) is 25.6 Å². The minimum Gasteiger partial charge on any atom is -0.481 e. The van der Waals surface area contributed by atoms with Crippen molar-refractivity contribution in [3.05, 3.63) is 0 Å². The molecule has 0 aromatic carbocycles. The van der Waals surface area contributed by atoms with Gasteiger partial charge in [0, 0.05) is 6.42 Å². The number of carboxylic acid groups (broad SMARTS) is 3. The predicted octanol–water partition coefficient (Wildman–Crippen LogP) is -7.17. The number of hydrogen-bond acceptors (Lipinski definition) is 17. The minimum absolute atomic E-state index is 0.0264. The number of carbonyl (C=O) groups excluding carboxylic acids is 10. The zero-order valence-electron chi connectivity index (χ0n) is 41.1. The van der Waals surface area contributed by atoms with E-state index in [4.69, 9.17) is 22.3 Å². The van der Waals surface area contributed by atoms with Gasteiger partial charge in [-0.3, -0.25) is 57.5 Å². The van der Waals surface area contributed by atoms with Crippen molar-refractivity contribution in [1.29, 1.82) is 0 Å². The Hall–Kier alpha value is -7.05. The van der Waals surface area contributed by atoms with Crippen LogP contribution in [-0.2, 0) is 62.3 Å². The van der Waals surface area contributed by atoms with E-state index in [2.05, 4.69) is 47.9 Å². The summed E-state index contributed by atoms with van der Waals surface area (Å²) in [6.45, 7) is 8.74. The fraction of sp³-hybridized carbons (Fsp3) is 0.690. The average Bonchev–Trinajstić information content (AvgIpc) is 3.27. The Morgan fingerprint density at radius 1 is 0.458 bits per heavy atom. The molecule has 0 saturated heterocycles. The SMILES string of the molecule is CC(C)[C@H](NC(=O)[C@H](CC(=O)O)NC(=O)[C@@H](NC(=O)[C@H](CCC(=O)O)NC(=O)[C@@H](NC(=O)[C@H](C)NC(=O)[C@H](CCCCN)NC(=O)[C@H](C)NC(=O)[C@H](CC(N)=O)NC(=O)[C@@H](N)CO)C(C)C)[C@@H](C)O)C(=O)O. The standard InChI is InChI=1S/C42H72N12O18/c1-17(2)30(40(69)49-24(11-12-28(58)59)37(66)54-32(21(7)56)41(70)51-26(15-29(60)61)39(68)53-31(18(3)4)42(71)72)52-34(63)20(6)46-36(65)23(10-8-9-13-43)48-33(62)19(5)47-38(67)25(14-27(45)57)50-35(64)22(44)16-55/h17-26,30-32,55-56H,8-16,43-44H2,1-7H3,(H2,45,57)(H,46,65)(H,47,67)(H,48,62)(H,49,69)(H,50,64)(H,51,70)(H,52,63)(H,53,68)(H,54,66)(H,58,59)(H,60,61)(H,71,72)/t19-,20-,21+,22-,23-,24-,25-,26-,30-,31-,32-/m0/s1. The van der Waals surface area contributed by atoms with Crippen molar-refractivity contribution in [2.75, 3.05) is 13.2 Å². The summed E-state index contributed by atoms with van der Waals surface area (Å²) in [5, 5.41) is 68.2. The highest BCUT2D eigenvalue weighted by Gasteiger charge is 2.37. The predicted molar refractivity (Wildman–Crippen MR) is 249 cm³/mol. The smallest absolute Gasteiger partial charge is 0.326 e. The first-order valence-electron chi connectivity index (χ1n) is 22.8. The molecule has 408 valence electrons. The summed E-state index contributed by atoms with van der Waals surface area (Å²) in [7, 11) is 0. The van der Waals surface area contributed by atoms with E-state index in [1.54, 1.807) is 0 Å². The summed E-state index contributed by atoms with van der Waals surface area (Å²) in [4.78, 5) is 166. The summed E-state index contributed by atoms with van der Waals surface area (Å²) in [6, 6.07) is -15.9. The van der Waals surface area contributed by atoms with Crippen LogP contribution in [0.1, 0.15) is 93.4 Å². The van der Waals surface area contributed by atoms with Gasteiger partial charge in [0.1, 0.15) is 60.4 Å². The van der Waals surface area contributed by atoms with Crippen molar-refractivity contribution in [1.82, 2.24) is 47.9 Å². The molecule has 0 aliphatic carbocycles. The lowest BCUT2D eigenvalue weighted by Gasteiger charge is -2.29. The van der Waals surface area contributed by atoms with Crippen LogP contribution in [0.5, 0.6) is 0 Å². The van der Waals surface area contributed by atoms with Crippen LogP contribution in [0.4, 0.5) is 0 Å². The molecular weight excluding hydrogens is 961 g/mol. The molecule has 0 unspecified atom stereocenters. The Bertz CT molecular complexity index is 1950. The highest BCUT2D eigenvalue weighted by Crippen LogP contribution is 2.10. The quantitative estimate of drug-likeness (QED) is 0.0266. The summed E-state index contributed by atoms with van der Waals surface area (Å²) in [5.74, 6) is -16.6. The molecule has 0 aliphatic rings. The van der Waals surface area contributed by atoms with Gasteiger partial charge in [0.25, 0.3) is 0 Å². The van der Waals surface area contributed by atoms with Crippen molar-refractivity contribution in [3.63, 3.8) is 0 Å². The molecule has 11 atom stereocenters.